The van der Waals surface area contributed by atoms with Gasteiger partial charge in [-0.15, -0.1) is 0 Å². The van der Waals surface area contributed by atoms with Crippen molar-refractivity contribution >= 4 is 48.8 Å². The molecule has 1 amide bonds. The van der Waals surface area contributed by atoms with Crippen LogP contribution >= 0.6 is 15.9 Å². The number of aryl methyl sites for hydroxylation is 1. The fourth-order valence-corrected chi connectivity index (χ4v) is 6.98. The molecule has 0 saturated carbocycles. The number of hydrogen-bond acceptors (Lipinski definition) is 7. The van der Waals surface area contributed by atoms with E-state index in [4.69, 9.17) is 4.74 Å². The minimum absolute atomic E-state index is 0.160. The Hall–Kier alpha value is -3.38. The van der Waals surface area contributed by atoms with E-state index in [1.165, 1.54) is 3.97 Å². The van der Waals surface area contributed by atoms with E-state index in [0.717, 1.165) is 5.69 Å². The van der Waals surface area contributed by atoms with Crippen LogP contribution in [0, 0.1) is 0 Å². The lowest BCUT2D eigenvalue weighted by Crippen LogP contribution is -2.50. The first-order chi connectivity index (χ1) is 18.0. The van der Waals surface area contributed by atoms with Crippen LogP contribution in [0.25, 0.3) is 22.3 Å². The van der Waals surface area contributed by atoms with E-state index in [1.807, 2.05) is 26.8 Å². The molecule has 0 radical (unpaired) electrons. The number of hydrogen-bond donors (Lipinski definition) is 0. The van der Waals surface area contributed by atoms with Crippen LogP contribution in [0.15, 0.2) is 64.4 Å². The third-order valence-corrected chi connectivity index (χ3v) is 8.74. The van der Waals surface area contributed by atoms with Gasteiger partial charge in [0.2, 0.25) is 0 Å². The van der Waals surface area contributed by atoms with E-state index in [0.29, 0.717) is 52.9 Å². The zero-order valence-corrected chi connectivity index (χ0v) is 24.0. The van der Waals surface area contributed by atoms with Crippen LogP contribution in [-0.2, 0) is 21.8 Å². The highest BCUT2D eigenvalue weighted by atomic mass is 79.9. The Kier molecular flexibility index (Phi) is 6.72. The van der Waals surface area contributed by atoms with Crippen LogP contribution in [0.2, 0.25) is 0 Å². The topological polar surface area (TPSA) is 103 Å². The van der Waals surface area contributed by atoms with Gasteiger partial charge in [0.05, 0.1) is 32.3 Å². The van der Waals surface area contributed by atoms with Crippen LogP contribution in [0.4, 0.5) is 10.5 Å². The molecule has 0 N–H and O–H groups in total. The average Bonchev–Trinajstić information content (AvgIpc) is 3.44. The van der Waals surface area contributed by atoms with Crippen LogP contribution in [0.5, 0.6) is 0 Å². The second-order valence-corrected chi connectivity index (χ2v) is 12.7. The highest BCUT2D eigenvalue weighted by molar-refractivity contribution is 9.10. The predicted octanol–water partition coefficient (Wildman–Crippen LogP) is 4.49. The van der Waals surface area contributed by atoms with Gasteiger partial charge in [-0.3, -0.25) is 4.68 Å². The molecule has 3 aromatic heterocycles. The van der Waals surface area contributed by atoms with E-state index >= 15 is 0 Å². The van der Waals surface area contributed by atoms with Gasteiger partial charge in [0, 0.05) is 51.2 Å². The second-order valence-electron chi connectivity index (χ2n) is 10.1. The number of piperazine rings is 1. The van der Waals surface area contributed by atoms with Crippen molar-refractivity contribution in [3.8, 4) is 11.3 Å². The summed E-state index contributed by atoms with van der Waals surface area (Å²) >= 11 is 3.73. The molecule has 0 aliphatic carbocycles. The van der Waals surface area contributed by atoms with Gasteiger partial charge >= 0.3 is 6.09 Å². The van der Waals surface area contributed by atoms with E-state index in [2.05, 4.69) is 30.9 Å². The standard InChI is InChI=1S/C26H29BrN6O4S/c1-26(2,3)37-25(34)32-14-12-31(13-15-32)20-10-11-28-24-21(20)22(27)23(18-16-29-30(4)17-18)33(24)38(35,36)19-8-6-5-7-9-19/h5-11,16-17H,12-15H2,1-4H3. The summed E-state index contributed by atoms with van der Waals surface area (Å²) in [6.07, 6.45) is 4.69. The molecule has 1 aliphatic heterocycles. The number of aromatic nitrogens is 4. The number of amides is 1. The van der Waals surface area contributed by atoms with Crippen molar-refractivity contribution in [1.29, 1.82) is 0 Å². The predicted molar refractivity (Wildman–Crippen MR) is 149 cm³/mol. The molecule has 12 heteroatoms. The summed E-state index contributed by atoms with van der Waals surface area (Å²) < 4.78 is 37.0. The van der Waals surface area contributed by atoms with Crippen molar-refractivity contribution in [2.75, 3.05) is 31.1 Å². The molecular formula is C26H29BrN6O4S. The SMILES string of the molecule is Cn1cc(-c2c(Br)c3c(N4CCN(C(=O)OC(C)(C)C)CC4)ccnc3n2S(=O)(=O)c2ccccc2)cn1. The molecule has 38 heavy (non-hydrogen) atoms. The number of pyridine rings is 1. The minimum atomic E-state index is -4.00. The van der Waals surface area contributed by atoms with E-state index in [9.17, 15) is 13.2 Å². The summed E-state index contributed by atoms with van der Waals surface area (Å²) in [5.41, 5.74) is 1.66. The number of nitrogens with zero attached hydrogens (tertiary/aromatic N) is 6. The lowest BCUT2D eigenvalue weighted by atomic mass is 10.2. The van der Waals surface area contributed by atoms with Crippen LogP contribution in [-0.4, -0.2) is 69.9 Å². The number of benzene rings is 1. The maximum atomic E-state index is 14.0. The Bertz CT molecular complexity index is 1600. The fourth-order valence-electron chi connectivity index (χ4n) is 4.56. The Morgan fingerprint density at radius 2 is 1.74 bits per heavy atom. The molecule has 10 nitrogen and oxygen atoms in total. The summed E-state index contributed by atoms with van der Waals surface area (Å²) in [4.78, 5) is 21.1. The molecule has 5 rings (SSSR count). The molecule has 0 spiro atoms. The second kappa shape index (κ2) is 9.73. The van der Waals surface area contributed by atoms with Crippen LogP contribution in [0.3, 0.4) is 0 Å². The lowest BCUT2D eigenvalue weighted by molar-refractivity contribution is 0.0240. The number of carbonyl (C=O) groups excluding carboxylic acids is 1. The summed E-state index contributed by atoms with van der Waals surface area (Å²) in [6.45, 7) is 7.62. The smallest absolute Gasteiger partial charge is 0.410 e. The van der Waals surface area contributed by atoms with Crippen LogP contribution in [0.1, 0.15) is 20.8 Å². The first-order valence-corrected chi connectivity index (χ1v) is 14.4. The summed E-state index contributed by atoms with van der Waals surface area (Å²) in [7, 11) is -2.22. The first kappa shape index (κ1) is 26.2. The highest BCUT2D eigenvalue weighted by Gasteiger charge is 2.32. The van der Waals surface area contributed by atoms with Crippen LogP contribution < -0.4 is 4.90 Å². The molecule has 1 saturated heterocycles. The number of anilines is 1. The van der Waals surface area contributed by atoms with Crippen molar-refractivity contribution in [3.63, 3.8) is 0 Å². The third-order valence-electron chi connectivity index (χ3n) is 6.26. The van der Waals surface area contributed by atoms with E-state index in [-0.39, 0.29) is 11.0 Å². The van der Waals surface area contributed by atoms with Crippen molar-refractivity contribution in [1.82, 2.24) is 23.6 Å². The zero-order valence-electron chi connectivity index (χ0n) is 21.6. The number of ether oxygens (including phenoxy) is 1. The quantitative estimate of drug-likeness (QED) is 0.340. The fraction of sp³-hybridized carbons (Fsp3) is 0.346. The number of rotatable bonds is 4. The molecule has 0 unspecified atom stereocenters. The minimum Gasteiger partial charge on any atom is -0.444 e. The Morgan fingerprint density at radius 1 is 1.05 bits per heavy atom. The number of halogens is 1. The van der Waals surface area contributed by atoms with Crippen molar-refractivity contribution in [2.24, 2.45) is 7.05 Å². The summed E-state index contributed by atoms with van der Waals surface area (Å²) in [5.74, 6) is 0. The van der Waals surface area contributed by atoms with Crippen molar-refractivity contribution in [3.05, 3.63) is 59.5 Å². The monoisotopic (exact) mass is 600 g/mol. The van der Waals surface area contributed by atoms with Gasteiger partial charge in [0.15, 0.2) is 5.65 Å². The van der Waals surface area contributed by atoms with Gasteiger partial charge in [-0.05, 0) is 54.9 Å². The lowest BCUT2D eigenvalue weighted by Gasteiger charge is -2.37. The summed E-state index contributed by atoms with van der Waals surface area (Å²) in [5, 5.41) is 4.95. The molecule has 200 valence electrons. The molecule has 1 fully saturated rings. The van der Waals surface area contributed by atoms with Crippen molar-refractivity contribution < 1.29 is 17.9 Å². The Morgan fingerprint density at radius 3 is 2.34 bits per heavy atom. The summed E-state index contributed by atoms with van der Waals surface area (Å²) in [6, 6.07) is 10.2. The van der Waals surface area contributed by atoms with Gasteiger partial charge in [-0.25, -0.2) is 22.2 Å². The highest BCUT2D eigenvalue weighted by Crippen LogP contribution is 2.43. The van der Waals surface area contributed by atoms with Gasteiger partial charge in [-0.1, -0.05) is 18.2 Å². The van der Waals surface area contributed by atoms with Gasteiger partial charge in [-0.2, -0.15) is 5.10 Å². The maximum absolute atomic E-state index is 14.0. The van der Waals surface area contributed by atoms with Gasteiger partial charge in [0.25, 0.3) is 10.0 Å². The molecular weight excluding hydrogens is 572 g/mol. The molecule has 0 bridgehead atoms. The molecule has 1 aliphatic rings. The molecule has 4 heterocycles. The maximum Gasteiger partial charge on any atom is 0.410 e. The normalized spacial score (nSPS) is 14.8. The molecule has 0 atom stereocenters. The first-order valence-electron chi connectivity index (χ1n) is 12.2. The van der Waals surface area contributed by atoms with Crippen molar-refractivity contribution in [2.45, 2.75) is 31.3 Å². The van der Waals surface area contributed by atoms with E-state index < -0.39 is 15.6 Å². The Labute approximate surface area is 230 Å². The molecule has 4 aromatic rings. The number of fused-ring (bicyclic) bond motifs is 1. The average molecular weight is 602 g/mol. The largest absolute Gasteiger partial charge is 0.444 e. The Balaban J connectivity index is 1.61. The van der Waals surface area contributed by atoms with Gasteiger partial charge in [0.1, 0.15) is 5.60 Å². The molecule has 1 aromatic carbocycles. The van der Waals surface area contributed by atoms with E-state index in [1.54, 1.807) is 65.6 Å². The number of carbonyl (C=O) groups is 1. The zero-order chi connectivity index (χ0) is 27.2. The van der Waals surface area contributed by atoms with Gasteiger partial charge < -0.3 is 14.5 Å². The third kappa shape index (κ3) is 4.78.